The maximum atomic E-state index is 11.7. The Balaban J connectivity index is 2.00. The molecule has 2 heterocycles. The molecular weight excluding hydrogens is 304 g/mol. The molecule has 0 saturated carbocycles. The van der Waals surface area contributed by atoms with Crippen molar-refractivity contribution in [2.45, 2.75) is 25.8 Å². The van der Waals surface area contributed by atoms with Gasteiger partial charge in [0, 0.05) is 29.6 Å². The van der Waals surface area contributed by atoms with Crippen molar-refractivity contribution in [1.29, 1.82) is 0 Å². The number of anilines is 1. The van der Waals surface area contributed by atoms with Crippen LogP contribution in [0.5, 0.6) is 0 Å². The van der Waals surface area contributed by atoms with Crippen molar-refractivity contribution in [2.75, 3.05) is 12.4 Å². The zero-order valence-corrected chi connectivity index (χ0v) is 13.2. The number of ether oxygens (including phenoxy) is 1. The number of H-pyrrole nitrogens is 1. The van der Waals surface area contributed by atoms with E-state index in [1.807, 2.05) is 12.3 Å². The lowest BCUT2D eigenvalue weighted by molar-refractivity contribution is -0.116. The van der Waals surface area contributed by atoms with Crippen LogP contribution in [0.2, 0.25) is 0 Å². The van der Waals surface area contributed by atoms with Crippen LogP contribution in [0, 0.1) is 0 Å². The zero-order chi connectivity index (χ0) is 16.1. The number of hydrogen-bond acceptors (Lipinski definition) is 6. The van der Waals surface area contributed by atoms with E-state index in [4.69, 9.17) is 5.73 Å². The molecule has 2 rings (SSSR count). The number of aromatic nitrogens is 2. The highest BCUT2D eigenvalue weighted by Gasteiger charge is 2.13. The van der Waals surface area contributed by atoms with Crippen LogP contribution < -0.4 is 11.1 Å². The van der Waals surface area contributed by atoms with E-state index >= 15 is 0 Å². The van der Waals surface area contributed by atoms with Crippen LogP contribution in [0.3, 0.4) is 0 Å². The lowest BCUT2D eigenvalue weighted by Crippen LogP contribution is -2.19. The first kappa shape index (κ1) is 16.2. The van der Waals surface area contributed by atoms with Crippen LogP contribution in [0.4, 0.5) is 5.13 Å². The lowest BCUT2D eigenvalue weighted by atomic mass is 10.2. The Hall–Kier alpha value is -2.19. The fourth-order valence-electron chi connectivity index (χ4n) is 1.77. The van der Waals surface area contributed by atoms with Crippen molar-refractivity contribution in [1.82, 2.24) is 9.97 Å². The third kappa shape index (κ3) is 4.15. The molecule has 0 bridgehead atoms. The van der Waals surface area contributed by atoms with Gasteiger partial charge in [0.15, 0.2) is 5.13 Å². The fraction of sp³-hybridized carbons (Fsp3) is 0.357. The smallest absolute Gasteiger partial charge is 0.354 e. The van der Waals surface area contributed by atoms with E-state index in [1.165, 1.54) is 18.4 Å². The van der Waals surface area contributed by atoms with Crippen molar-refractivity contribution in [2.24, 2.45) is 5.73 Å². The number of nitrogens with zero attached hydrogens (tertiary/aromatic N) is 1. The van der Waals surface area contributed by atoms with Crippen LogP contribution in [-0.4, -0.2) is 35.0 Å². The number of amides is 1. The van der Waals surface area contributed by atoms with Crippen LogP contribution in [0.1, 0.15) is 30.3 Å². The second-order valence-corrected chi connectivity index (χ2v) is 5.75. The summed E-state index contributed by atoms with van der Waals surface area (Å²) in [4.78, 5) is 30.3. The summed E-state index contributed by atoms with van der Waals surface area (Å²) in [5, 5.41) is 5.07. The van der Waals surface area contributed by atoms with E-state index in [-0.39, 0.29) is 11.9 Å². The molecule has 8 heteroatoms. The summed E-state index contributed by atoms with van der Waals surface area (Å²) in [5.74, 6) is -0.548. The van der Waals surface area contributed by atoms with E-state index in [0.717, 1.165) is 5.56 Å². The summed E-state index contributed by atoms with van der Waals surface area (Å²) in [6, 6.07) is 1.65. The average molecular weight is 322 g/mol. The molecule has 4 N–H and O–H groups in total. The highest BCUT2D eigenvalue weighted by molar-refractivity contribution is 7.14. The van der Waals surface area contributed by atoms with Gasteiger partial charge in [-0.15, -0.1) is 11.3 Å². The summed E-state index contributed by atoms with van der Waals surface area (Å²) in [7, 11) is 1.32. The number of carbonyl (C=O) groups is 2. The molecule has 0 radical (unpaired) electrons. The quantitative estimate of drug-likeness (QED) is 0.704. The second-order valence-electron chi connectivity index (χ2n) is 4.90. The number of nitrogens with two attached hydrogens (primary N) is 1. The van der Waals surface area contributed by atoms with Crippen LogP contribution >= 0.6 is 11.3 Å². The monoisotopic (exact) mass is 322 g/mol. The molecule has 1 amide bonds. The predicted octanol–water partition coefficient (Wildman–Crippen LogP) is 1.99. The molecule has 0 saturated heterocycles. The Labute approximate surface area is 131 Å². The van der Waals surface area contributed by atoms with E-state index in [2.05, 4.69) is 20.0 Å². The first-order chi connectivity index (χ1) is 10.5. The Bertz CT molecular complexity index is 663. The van der Waals surface area contributed by atoms with Gasteiger partial charge in [-0.2, -0.15) is 0 Å². The minimum atomic E-state index is -0.439. The van der Waals surface area contributed by atoms with E-state index in [1.54, 1.807) is 12.3 Å². The van der Waals surface area contributed by atoms with Gasteiger partial charge in [0.1, 0.15) is 5.69 Å². The largest absolute Gasteiger partial charge is 0.464 e. The second kappa shape index (κ2) is 7.19. The Morgan fingerprint density at radius 1 is 1.55 bits per heavy atom. The number of rotatable bonds is 6. The zero-order valence-electron chi connectivity index (χ0n) is 12.4. The van der Waals surface area contributed by atoms with Crippen molar-refractivity contribution < 1.29 is 14.3 Å². The molecule has 22 heavy (non-hydrogen) atoms. The molecule has 0 aliphatic carbocycles. The molecule has 1 atom stereocenters. The Morgan fingerprint density at radius 2 is 2.32 bits per heavy atom. The van der Waals surface area contributed by atoms with Crippen molar-refractivity contribution in [3.63, 3.8) is 0 Å². The average Bonchev–Trinajstić information content (AvgIpc) is 3.13. The highest BCUT2D eigenvalue weighted by atomic mass is 32.1. The summed E-state index contributed by atoms with van der Waals surface area (Å²) in [6.07, 6.45) is 2.66. The maximum Gasteiger partial charge on any atom is 0.354 e. The summed E-state index contributed by atoms with van der Waals surface area (Å²) < 4.78 is 4.63. The first-order valence-electron chi connectivity index (χ1n) is 6.77. The molecule has 7 nitrogen and oxygen atoms in total. The van der Waals surface area contributed by atoms with Gasteiger partial charge in [0.25, 0.3) is 0 Å². The molecule has 118 valence electrons. The third-order valence-corrected chi connectivity index (χ3v) is 3.72. The predicted molar refractivity (Wildman–Crippen MR) is 84.8 cm³/mol. The summed E-state index contributed by atoms with van der Waals surface area (Å²) >= 11 is 1.33. The van der Waals surface area contributed by atoms with Crippen molar-refractivity contribution in [3.05, 3.63) is 23.3 Å². The molecule has 0 fully saturated rings. The fourth-order valence-corrected chi connectivity index (χ4v) is 2.51. The van der Waals surface area contributed by atoms with E-state index in [9.17, 15) is 9.59 Å². The molecular formula is C14H18N4O3S. The molecule has 0 aliphatic rings. The van der Waals surface area contributed by atoms with Gasteiger partial charge in [-0.25, -0.2) is 9.78 Å². The number of thiazole rings is 1. The first-order valence-corrected chi connectivity index (χ1v) is 7.65. The summed E-state index contributed by atoms with van der Waals surface area (Å²) in [5.41, 5.74) is 7.41. The SMILES string of the molecule is COC(=O)c1cc(-c2csc(NC(=O)CCC(C)N)n2)c[nH]1. The molecule has 2 aromatic rings. The van der Waals surface area contributed by atoms with Gasteiger partial charge in [-0.05, 0) is 19.4 Å². The number of esters is 1. The number of methoxy groups -OCH3 is 1. The third-order valence-electron chi connectivity index (χ3n) is 2.96. The standard InChI is InChI=1S/C14H18N4O3S/c1-8(15)3-4-12(19)18-14-17-11(7-22-14)9-5-10(16-6-9)13(20)21-2/h5-8,16H,3-4,15H2,1-2H3,(H,17,18,19). The minimum absolute atomic E-state index is 0.00537. The molecule has 1 unspecified atom stereocenters. The van der Waals surface area contributed by atoms with Crippen LogP contribution in [-0.2, 0) is 9.53 Å². The van der Waals surface area contributed by atoms with Gasteiger partial charge in [-0.3, -0.25) is 4.79 Å². The minimum Gasteiger partial charge on any atom is -0.464 e. The topological polar surface area (TPSA) is 110 Å². The van der Waals surface area contributed by atoms with Gasteiger partial charge in [0.05, 0.1) is 12.8 Å². The number of aromatic amines is 1. The van der Waals surface area contributed by atoms with Crippen LogP contribution in [0.15, 0.2) is 17.6 Å². The molecule has 0 aliphatic heterocycles. The van der Waals surface area contributed by atoms with Gasteiger partial charge in [-0.1, -0.05) is 0 Å². The molecule has 0 aromatic carbocycles. The highest BCUT2D eigenvalue weighted by Crippen LogP contribution is 2.25. The molecule has 0 spiro atoms. The van der Waals surface area contributed by atoms with Gasteiger partial charge < -0.3 is 20.8 Å². The Morgan fingerprint density at radius 3 is 3.00 bits per heavy atom. The maximum absolute atomic E-state index is 11.7. The van der Waals surface area contributed by atoms with E-state index < -0.39 is 5.97 Å². The summed E-state index contributed by atoms with van der Waals surface area (Å²) in [6.45, 7) is 1.86. The van der Waals surface area contributed by atoms with Crippen LogP contribution in [0.25, 0.3) is 11.3 Å². The lowest BCUT2D eigenvalue weighted by Gasteiger charge is -2.04. The van der Waals surface area contributed by atoms with Crippen molar-refractivity contribution >= 4 is 28.3 Å². The number of carbonyl (C=O) groups excluding carboxylic acids is 2. The molecule has 2 aromatic heterocycles. The normalized spacial score (nSPS) is 12.0. The number of hydrogen-bond donors (Lipinski definition) is 3. The van der Waals surface area contributed by atoms with Crippen molar-refractivity contribution in [3.8, 4) is 11.3 Å². The van der Waals surface area contributed by atoms with Gasteiger partial charge >= 0.3 is 5.97 Å². The Kier molecular flexibility index (Phi) is 5.29. The van der Waals surface area contributed by atoms with Gasteiger partial charge in [0.2, 0.25) is 5.91 Å². The van der Waals surface area contributed by atoms with E-state index in [0.29, 0.717) is 29.4 Å². The number of nitrogens with one attached hydrogen (secondary N) is 2.